The number of piperidine rings is 1. The highest BCUT2D eigenvalue weighted by molar-refractivity contribution is 6.36. The van der Waals surface area contributed by atoms with Gasteiger partial charge in [0.25, 0.3) is 5.91 Å². The topological polar surface area (TPSA) is 44.7 Å². The molecule has 1 fully saturated rings. The summed E-state index contributed by atoms with van der Waals surface area (Å²) in [6, 6.07) is 5.33. The van der Waals surface area contributed by atoms with Crippen LogP contribution in [0.2, 0.25) is 10.0 Å². The molecule has 2 rings (SSSR count). The Morgan fingerprint density at radius 3 is 2.52 bits per heavy atom. The summed E-state index contributed by atoms with van der Waals surface area (Å²) in [5.74, 6) is -0.310. The molecular formula is C15H19Cl2N3O. The average Bonchev–Trinajstić information content (AvgIpc) is 2.45. The van der Waals surface area contributed by atoms with Crippen molar-refractivity contribution in [1.82, 2.24) is 10.3 Å². The van der Waals surface area contributed by atoms with Crippen molar-refractivity contribution in [2.75, 3.05) is 13.1 Å². The molecule has 6 heteroatoms. The van der Waals surface area contributed by atoms with Crippen LogP contribution < -0.4 is 5.43 Å². The van der Waals surface area contributed by atoms with Crippen molar-refractivity contribution in [3.63, 3.8) is 0 Å². The minimum atomic E-state index is -0.310. The number of benzene rings is 1. The minimum Gasteiger partial charge on any atom is -0.300 e. The summed E-state index contributed by atoms with van der Waals surface area (Å²) in [7, 11) is 0. The van der Waals surface area contributed by atoms with Crippen molar-refractivity contribution in [2.45, 2.75) is 32.7 Å². The van der Waals surface area contributed by atoms with Gasteiger partial charge in [0.1, 0.15) is 0 Å². The van der Waals surface area contributed by atoms with Gasteiger partial charge in [0.05, 0.1) is 10.6 Å². The molecule has 114 valence electrons. The van der Waals surface area contributed by atoms with E-state index in [0.717, 1.165) is 31.6 Å². The van der Waals surface area contributed by atoms with Crippen LogP contribution in [0.3, 0.4) is 0 Å². The second-order valence-corrected chi connectivity index (χ2v) is 6.22. The second kappa shape index (κ2) is 7.25. The van der Waals surface area contributed by atoms with Crippen LogP contribution in [0.15, 0.2) is 23.3 Å². The molecule has 1 saturated heterocycles. The average molecular weight is 328 g/mol. The zero-order valence-electron chi connectivity index (χ0n) is 12.2. The van der Waals surface area contributed by atoms with E-state index in [-0.39, 0.29) is 5.91 Å². The summed E-state index contributed by atoms with van der Waals surface area (Å²) in [6.45, 7) is 6.33. The number of hydrazone groups is 1. The van der Waals surface area contributed by atoms with E-state index in [1.165, 1.54) is 0 Å². The van der Waals surface area contributed by atoms with Crippen molar-refractivity contribution in [3.05, 3.63) is 33.8 Å². The number of hydrogen-bond acceptors (Lipinski definition) is 3. The van der Waals surface area contributed by atoms with E-state index in [1.54, 1.807) is 18.2 Å². The predicted octanol–water partition coefficient (Wildman–Crippen LogP) is 3.58. The van der Waals surface area contributed by atoms with Crippen molar-refractivity contribution in [2.24, 2.45) is 5.10 Å². The molecule has 0 unspecified atom stereocenters. The van der Waals surface area contributed by atoms with Gasteiger partial charge in [-0.25, -0.2) is 5.43 Å². The summed E-state index contributed by atoms with van der Waals surface area (Å²) in [5, 5.41) is 5.05. The molecule has 0 aromatic heterocycles. The van der Waals surface area contributed by atoms with E-state index in [1.807, 2.05) is 0 Å². The van der Waals surface area contributed by atoms with Crippen LogP contribution in [0.25, 0.3) is 0 Å². The summed E-state index contributed by atoms with van der Waals surface area (Å²) in [6.07, 6.45) is 1.76. The molecule has 21 heavy (non-hydrogen) atoms. The molecule has 0 radical (unpaired) electrons. The first-order valence-electron chi connectivity index (χ1n) is 7.02. The van der Waals surface area contributed by atoms with E-state index in [4.69, 9.17) is 23.2 Å². The van der Waals surface area contributed by atoms with Gasteiger partial charge in [0.2, 0.25) is 0 Å². The first-order valence-corrected chi connectivity index (χ1v) is 7.78. The molecule has 1 aliphatic heterocycles. The molecule has 1 aromatic rings. The Morgan fingerprint density at radius 2 is 1.95 bits per heavy atom. The molecule has 1 N–H and O–H groups in total. The number of nitrogens with one attached hydrogen (secondary N) is 1. The van der Waals surface area contributed by atoms with E-state index >= 15 is 0 Å². The predicted molar refractivity (Wildman–Crippen MR) is 87.3 cm³/mol. The molecule has 1 amide bonds. The van der Waals surface area contributed by atoms with E-state index in [9.17, 15) is 4.79 Å². The van der Waals surface area contributed by atoms with Gasteiger partial charge in [0, 0.05) is 42.7 Å². The maximum Gasteiger partial charge on any atom is 0.272 e. The summed E-state index contributed by atoms with van der Waals surface area (Å²) in [4.78, 5) is 14.4. The summed E-state index contributed by atoms with van der Waals surface area (Å²) in [5.41, 5.74) is 3.97. The number of likely N-dealkylation sites (tertiary alicyclic amines) is 1. The number of rotatable bonds is 3. The van der Waals surface area contributed by atoms with Gasteiger partial charge in [-0.05, 0) is 32.0 Å². The van der Waals surface area contributed by atoms with Crippen LogP contribution in [-0.2, 0) is 0 Å². The Bertz CT molecular complexity index is 548. The van der Waals surface area contributed by atoms with Crippen molar-refractivity contribution >= 4 is 34.8 Å². The molecular weight excluding hydrogens is 309 g/mol. The first-order chi connectivity index (χ1) is 9.97. The third kappa shape index (κ3) is 4.43. The highest BCUT2D eigenvalue weighted by Gasteiger charge is 2.17. The number of carbonyl (C=O) groups is 1. The lowest BCUT2D eigenvalue weighted by atomic mass is 10.1. The van der Waals surface area contributed by atoms with Crippen molar-refractivity contribution in [1.29, 1.82) is 0 Å². The zero-order chi connectivity index (χ0) is 15.4. The van der Waals surface area contributed by atoms with Crippen LogP contribution in [0.1, 0.15) is 37.0 Å². The highest BCUT2D eigenvalue weighted by Crippen LogP contribution is 2.20. The van der Waals surface area contributed by atoms with Gasteiger partial charge < -0.3 is 4.90 Å². The van der Waals surface area contributed by atoms with Crippen molar-refractivity contribution in [3.8, 4) is 0 Å². The molecule has 0 aliphatic carbocycles. The van der Waals surface area contributed by atoms with Gasteiger partial charge in [-0.3, -0.25) is 4.79 Å². The first kappa shape index (κ1) is 16.3. The monoisotopic (exact) mass is 327 g/mol. The minimum absolute atomic E-state index is 0.310. The van der Waals surface area contributed by atoms with E-state index < -0.39 is 0 Å². The fraction of sp³-hybridized carbons (Fsp3) is 0.467. The number of halogens is 2. The zero-order valence-corrected chi connectivity index (χ0v) is 13.7. The number of carbonyl (C=O) groups excluding carboxylic acids is 1. The number of hydrogen-bond donors (Lipinski definition) is 1. The van der Waals surface area contributed by atoms with Crippen LogP contribution in [0.4, 0.5) is 0 Å². The lowest BCUT2D eigenvalue weighted by Gasteiger charge is -2.30. The Kier molecular flexibility index (Phi) is 5.62. The molecule has 4 nitrogen and oxygen atoms in total. The maximum atomic E-state index is 12.0. The van der Waals surface area contributed by atoms with Gasteiger partial charge >= 0.3 is 0 Å². The maximum absolute atomic E-state index is 12.0. The molecule has 1 heterocycles. The summed E-state index contributed by atoms with van der Waals surface area (Å²) < 4.78 is 0. The Morgan fingerprint density at radius 1 is 1.29 bits per heavy atom. The fourth-order valence-corrected chi connectivity index (χ4v) is 2.77. The lowest BCUT2D eigenvalue weighted by Crippen LogP contribution is -2.39. The molecule has 1 aromatic carbocycles. The largest absolute Gasteiger partial charge is 0.300 e. The summed E-state index contributed by atoms with van der Waals surface area (Å²) >= 11 is 11.8. The van der Waals surface area contributed by atoms with Gasteiger partial charge in [-0.15, -0.1) is 0 Å². The molecule has 0 atom stereocenters. The SMILES string of the molecule is CC(C)N1CCC(=NNC(=O)c2ccc(Cl)cc2Cl)CC1. The molecule has 0 saturated carbocycles. The van der Waals surface area contributed by atoms with Crippen molar-refractivity contribution < 1.29 is 4.79 Å². The molecule has 1 aliphatic rings. The van der Waals surface area contributed by atoms with Crippen LogP contribution in [0.5, 0.6) is 0 Å². The van der Waals surface area contributed by atoms with E-state index in [2.05, 4.69) is 29.3 Å². The smallest absolute Gasteiger partial charge is 0.272 e. The van der Waals surface area contributed by atoms with Gasteiger partial charge in [0.15, 0.2) is 0 Å². The third-order valence-corrected chi connectivity index (χ3v) is 4.14. The Balaban J connectivity index is 1.93. The normalized spacial score (nSPS) is 16.1. The van der Waals surface area contributed by atoms with Gasteiger partial charge in [-0.1, -0.05) is 23.2 Å². The Hall–Kier alpha value is -1.10. The molecule has 0 spiro atoms. The van der Waals surface area contributed by atoms with Gasteiger partial charge in [-0.2, -0.15) is 5.10 Å². The number of amides is 1. The number of nitrogens with zero attached hydrogens (tertiary/aromatic N) is 2. The fourth-order valence-electron chi connectivity index (χ4n) is 2.27. The third-order valence-electron chi connectivity index (χ3n) is 3.60. The van der Waals surface area contributed by atoms with E-state index in [0.29, 0.717) is 21.7 Å². The highest BCUT2D eigenvalue weighted by atomic mass is 35.5. The van der Waals surface area contributed by atoms with Crippen LogP contribution >= 0.6 is 23.2 Å². The standard InChI is InChI=1S/C15H19Cl2N3O/c1-10(2)20-7-5-12(6-8-20)18-19-15(21)13-4-3-11(16)9-14(13)17/h3-4,9-10H,5-8H2,1-2H3,(H,19,21). The second-order valence-electron chi connectivity index (χ2n) is 5.37. The molecule has 0 bridgehead atoms. The van der Waals surface area contributed by atoms with Crippen LogP contribution in [0, 0.1) is 0 Å². The quantitative estimate of drug-likeness (QED) is 0.862. The lowest BCUT2D eigenvalue weighted by molar-refractivity contribution is 0.0954. The van der Waals surface area contributed by atoms with Crippen LogP contribution in [-0.4, -0.2) is 35.7 Å². The Labute approximate surface area is 135 Å².